The third-order valence-corrected chi connectivity index (χ3v) is 4.66. The maximum Gasteiger partial charge on any atom is 0.261 e. The molecule has 2 amide bonds. The number of H-pyrrole nitrogens is 1. The van der Waals surface area contributed by atoms with Crippen LogP contribution in [0, 0.1) is 13.8 Å². The molecule has 3 aromatic rings. The summed E-state index contributed by atoms with van der Waals surface area (Å²) < 4.78 is 0. The van der Waals surface area contributed by atoms with Gasteiger partial charge in [-0.15, -0.1) is 11.3 Å². The topological polar surface area (TPSA) is 104 Å². The highest BCUT2D eigenvalue weighted by Crippen LogP contribution is 2.19. The van der Waals surface area contributed by atoms with E-state index in [2.05, 4.69) is 20.6 Å². The van der Waals surface area contributed by atoms with Crippen LogP contribution >= 0.6 is 11.3 Å². The van der Waals surface area contributed by atoms with Crippen molar-refractivity contribution in [2.24, 2.45) is 0 Å². The summed E-state index contributed by atoms with van der Waals surface area (Å²) in [6, 6.07) is 12.0. The highest BCUT2D eigenvalue weighted by Gasteiger charge is 2.10. The summed E-state index contributed by atoms with van der Waals surface area (Å²) >= 11 is 1.37. The smallest absolute Gasteiger partial charge is 0.261 e. The van der Waals surface area contributed by atoms with Gasteiger partial charge in [0, 0.05) is 27.9 Å². The maximum absolute atomic E-state index is 12.1. The number of aromatic amines is 1. The van der Waals surface area contributed by atoms with Gasteiger partial charge in [0.25, 0.3) is 11.5 Å². The van der Waals surface area contributed by atoms with Crippen molar-refractivity contribution >= 4 is 28.8 Å². The van der Waals surface area contributed by atoms with Crippen LogP contribution in [0.3, 0.4) is 0 Å². The Kier molecular flexibility index (Phi) is 5.46. The van der Waals surface area contributed by atoms with Crippen LogP contribution in [-0.2, 0) is 4.79 Å². The molecule has 0 saturated heterocycles. The summed E-state index contributed by atoms with van der Waals surface area (Å²) in [4.78, 5) is 44.3. The Bertz CT molecular complexity index is 1050. The molecule has 0 bridgehead atoms. The van der Waals surface area contributed by atoms with Crippen molar-refractivity contribution in [3.05, 3.63) is 68.3 Å². The van der Waals surface area contributed by atoms with Gasteiger partial charge in [-0.25, -0.2) is 4.98 Å². The van der Waals surface area contributed by atoms with Crippen LogP contribution < -0.4 is 16.2 Å². The Hall–Kier alpha value is -3.26. The van der Waals surface area contributed by atoms with Gasteiger partial charge in [-0.1, -0.05) is 12.1 Å². The normalized spacial score (nSPS) is 10.4. The van der Waals surface area contributed by atoms with E-state index in [1.54, 1.807) is 37.3 Å². The molecule has 2 heterocycles. The van der Waals surface area contributed by atoms with Crippen molar-refractivity contribution in [2.75, 3.05) is 11.9 Å². The minimum absolute atomic E-state index is 0.139. The highest BCUT2D eigenvalue weighted by atomic mass is 32.1. The number of nitrogens with one attached hydrogen (secondary N) is 3. The number of nitrogens with zero attached hydrogens (tertiary/aromatic N) is 1. The Balaban J connectivity index is 1.64. The van der Waals surface area contributed by atoms with Gasteiger partial charge >= 0.3 is 0 Å². The number of aryl methyl sites for hydroxylation is 2. The molecular weight excluding hydrogens is 364 g/mol. The van der Waals surface area contributed by atoms with E-state index in [0.29, 0.717) is 27.6 Å². The number of aromatic nitrogens is 2. The third-order valence-electron chi connectivity index (χ3n) is 3.66. The summed E-state index contributed by atoms with van der Waals surface area (Å²) in [5, 5.41) is 5.32. The van der Waals surface area contributed by atoms with Crippen LogP contribution in [0.1, 0.15) is 20.2 Å². The molecule has 27 heavy (non-hydrogen) atoms. The lowest BCUT2D eigenvalue weighted by Gasteiger charge is -2.08. The van der Waals surface area contributed by atoms with Crippen LogP contribution in [0.2, 0.25) is 0 Å². The number of anilines is 1. The molecule has 1 aromatic carbocycles. The molecule has 0 spiro atoms. The third kappa shape index (κ3) is 4.89. The van der Waals surface area contributed by atoms with Crippen LogP contribution in [0.5, 0.6) is 0 Å². The van der Waals surface area contributed by atoms with E-state index < -0.39 is 0 Å². The predicted octanol–water partition coefficient (Wildman–Crippen LogP) is 2.48. The van der Waals surface area contributed by atoms with Gasteiger partial charge in [0.15, 0.2) is 0 Å². The van der Waals surface area contributed by atoms with Crippen molar-refractivity contribution in [1.29, 1.82) is 0 Å². The highest BCUT2D eigenvalue weighted by molar-refractivity contribution is 7.13. The van der Waals surface area contributed by atoms with Crippen molar-refractivity contribution in [3.63, 3.8) is 0 Å². The fourth-order valence-electron chi connectivity index (χ4n) is 2.47. The zero-order valence-electron chi connectivity index (χ0n) is 14.8. The number of thiophene rings is 1. The second-order valence-electron chi connectivity index (χ2n) is 5.96. The van der Waals surface area contributed by atoms with Crippen molar-refractivity contribution in [1.82, 2.24) is 15.3 Å². The Labute approximate surface area is 159 Å². The second-order valence-corrected chi connectivity index (χ2v) is 7.25. The number of rotatable bonds is 5. The Morgan fingerprint density at radius 1 is 1.15 bits per heavy atom. The second kappa shape index (κ2) is 7.96. The first kappa shape index (κ1) is 18.5. The molecule has 0 aliphatic rings. The van der Waals surface area contributed by atoms with Gasteiger partial charge in [-0.2, -0.15) is 0 Å². The van der Waals surface area contributed by atoms with Gasteiger partial charge in [-0.05, 0) is 38.1 Å². The van der Waals surface area contributed by atoms with E-state index in [1.807, 2.05) is 13.0 Å². The zero-order chi connectivity index (χ0) is 19.4. The molecule has 0 unspecified atom stereocenters. The minimum atomic E-state index is -0.348. The van der Waals surface area contributed by atoms with E-state index in [4.69, 9.17) is 0 Å². The minimum Gasteiger partial charge on any atom is -0.342 e. The molecule has 3 rings (SSSR count). The lowest BCUT2D eigenvalue weighted by atomic mass is 10.2. The average Bonchev–Trinajstić information content (AvgIpc) is 3.05. The molecule has 7 nitrogen and oxygen atoms in total. The Morgan fingerprint density at radius 2 is 1.96 bits per heavy atom. The monoisotopic (exact) mass is 382 g/mol. The molecule has 0 atom stereocenters. The average molecular weight is 382 g/mol. The Morgan fingerprint density at radius 3 is 2.67 bits per heavy atom. The SMILES string of the molecule is Cc1cc(=O)[nH]c(-c2cccc(NC(=O)CNC(=O)c3ccc(C)s3)c2)n1. The standard InChI is InChI=1S/C19H18N4O3S/c1-11-8-16(24)23-18(21-11)13-4-3-5-14(9-13)22-17(25)10-20-19(26)15-7-6-12(2)27-15/h3-9H,10H2,1-2H3,(H,20,26)(H,22,25)(H,21,23,24). The van der Waals surface area contributed by atoms with E-state index in [-0.39, 0.29) is 23.9 Å². The molecule has 0 saturated carbocycles. The summed E-state index contributed by atoms with van der Waals surface area (Å²) in [5.74, 6) is -0.199. The van der Waals surface area contributed by atoms with Gasteiger partial charge in [-0.3, -0.25) is 14.4 Å². The summed E-state index contributed by atoms with van der Waals surface area (Å²) in [7, 11) is 0. The number of hydrogen-bond acceptors (Lipinski definition) is 5. The van der Waals surface area contributed by atoms with Crippen LogP contribution in [0.15, 0.2) is 47.3 Å². The van der Waals surface area contributed by atoms with Gasteiger partial charge in [0.1, 0.15) is 5.82 Å². The summed E-state index contributed by atoms with van der Waals surface area (Å²) in [6.07, 6.45) is 0. The fraction of sp³-hybridized carbons (Fsp3) is 0.158. The lowest BCUT2D eigenvalue weighted by Crippen LogP contribution is -2.32. The first-order valence-corrected chi connectivity index (χ1v) is 9.05. The van der Waals surface area contributed by atoms with E-state index in [1.165, 1.54) is 17.4 Å². The largest absolute Gasteiger partial charge is 0.342 e. The zero-order valence-corrected chi connectivity index (χ0v) is 15.6. The van der Waals surface area contributed by atoms with Gasteiger partial charge < -0.3 is 15.6 Å². The fourth-order valence-corrected chi connectivity index (χ4v) is 3.25. The number of carbonyl (C=O) groups excluding carboxylic acids is 2. The van der Waals surface area contributed by atoms with Crippen molar-refractivity contribution in [2.45, 2.75) is 13.8 Å². The molecule has 2 aromatic heterocycles. The number of carbonyl (C=O) groups is 2. The predicted molar refractivity (Wildman–Crippen MR) is 105 cm³/mol. The molecule has 3 N–H and O–H groups in total. The quantitative estimate of drug-likeness (QED) is 0.631. The number of amides is 2. The molecular formula is C19H18N4O3S. The molecule has 8 heteroatoms. The molecule has 0 fully saturated rings. The maximum atomic E-state index is 12.1. The van der Waals surface area contributed by atoms with E-state index >= 15 is 0 Å². The summed E-state index contributed by atoms with van der Waals surface area (Å²) in [5.41, 5.74) is 1.59. The molecule has 0 aliphatic heterocycles. The first-order chi connectivity index (χ1) is 12.9. The number of hydrogen-bond donors (Lipinski definition) is 3. The van der Waals surface area contributed by atoms with Gasteiger partial charge in [0.2, 0.25) is 5.91 Å². The van der Waals surface area contributed by atoms with Gasteiger partial charge in [0.05, 0.1) is 11.4 Å². The van der Waals surface area contributed by atoms with E-state index in [9.17, 15) is 14.4 Å². The van der Waals surface area contributed by atoms with Crippen LogP contribution in [0.4, 0.5) is 5.69 Å². The van der Waals surface area contributed by atoms with E-state index in [0.717, 1.165) is 4.88 Å². The molecule has 0 aliphatic carbocycles. The number of benzene rings is 1. The van der Waals surface area contributed by atoms with Crippen molar-refractivity contribution in [3.8, 4) is 11.4 Å². The van der Waals surface area contributed by atoms with Crippen molar-refractivity contribution < 1.29 is 9.59 Å². The van der Waals surface area contributed by atoms with Crippen LogP contribution in [0.25, 0.3) is 11.4 Å². The molecule has 0 radical (unpaired) electrons. The lowest BCUT2D eigenvalue weighted by molar-refractivity contribution is -0.115. The summed E-state index contributed by atoms with van der Waals surface area (Å²) in [6.45, 7) is 3.51. The first-order valence-electron chi connectivity index (χ1n) is 8.23. The van der Waals surface area contributed by atoms with Crippen LogP contribution in [-0.4, -0.2) is 28.3 Å². The molecule has 138 valence electrons.